The summed E-state index contributed by atoms with van der Waals surface area (Å²) in [7, 11) is 0. The standard InChI is InChI=1S/C15H24O2/c1-11-7-5-6-10-15(11,4)12-8-9-13(16)17-14(12,2)3/h8-9,11-12H,5-7,10H2,1-4H3. The van der Waals surface area contributed by atoms with Gasteiger partial charge in [-0.2, -0.15) is 0 Å². The molecule has 2 aliphatic rings. The molecule has 2 heteroatoms. The van der Waals surface area contributed by atoms with E-state index in [1.807, 2.05) is 13.8 Å². The Labute approximate surface area is 104 Å². The Hall–Kier alpha value is -0.790. The first-order chi connectivity index (χ1) is 7.86. The molecule has 0 aromatic carbocycles. The first kappa shape index (κ1) is 12.7. The van der Waals surface area contributed by atoms with Crippen LogP contribution in [-0.2, 0) is 9.53 Å². The molecule has 17 heavy (non-hydrogen) atoms. The molecule has 2 nitrogen and oxygen atoms in total. The summed E-state index contributed by atoms with van der Waals surface area (Å²) in [4.78, 5) is 11.4. The monoisotopic (exact) mass is 236 g/mol. The van der Waals surface area contributed by atoms with Gasteiger partial charge in [0.25, 0.3) is 0 Å². The minimum atomic E-state index is -0.369. The minimum Gasteiger partial charge on any atom is -0.456 e. The fraction of sp³-hybridized carbons (Fsp3) is 0.800. The zero-order valence-corrected chi connectivity index (χ0v) is 11.5. The van der Waals surface area contributed by atoms with E-state index in [4.69, 9.17) is 4.74 Å². The number of cyclic esters (lactones) is 1. The zero-order chi connectivity index (χ0) is 12.7. The molecule has 3 unspecified atom stereocenters. The molecule has 0 spiro atoms. The molecule has 1 aliphatic carbocycles. The molecule has 0 N–H and O–H groups in total. The molecule has 0 aromatic heterocycles. The van der Waals surface area contributed by atoms with E-state index in [1.54, 1.807) is 6.08 Å². The van der Waals surface area contributed by atoms with E-state index in [9.17, 15) is 4.79 Å². The van der Waals surface area contributed by atoms with E-state index < -0.39 is 0 Å². The molecule has 0 radical (unpaired) electrons. The van der Waals surface area contributed by atoms with Crippen LogP contribution >= 0.6 is 0 Å². The Bertz CT molecular complexity index is 343. The number of esters is 1. The fourth-order valence-electron chi connectivity index (χ4n) is 3.77. The van der Waals surface area contributed by atoms with E-state index in [0.717, 1.165) is 0 Å². The number of hydrogen-bond donors (Lipinski definition) is 0. The highest BCUT2D eigenvalue weighted by molar-refractivity contribution is 5.83. The van der Waals surface area contributed by atoms with Crippen LogP contribution in [0.3, 0.4) is 0 Å². The maximum atomic E-state index is 11.4. The zero-order valence-electron chi connectivity index (χ0n) is 11.5. The van der Waals surface area contributed by atoms with Gasteiger partial charge in [-0.15, -0.1) is 0 Å². The number of carbonyl (C=O) groups excluding carboxylic acids is 1. The van der Waals surface area contributed by atoms with Crippen LogP contribution in [0.5, 0.6) is 0 Å². The highest BCUT2D eigenvalue weighted by Crippen LogP contribution is 2.52. The Kier molecular flexibility index (Phi) is 3.09. The Morgan fingerprint density at radius 3 is 2.59 bits per heavy atom. The molecule has 1 heterocycles. The lowest BCUT2D eigenvalue weighted by molar-refractivity contribution is -0.164. The highest BCUT2D eigenvalue weighted by Gasteiger charge is 2.49. The molecule has 0 amide bonds. The molecule has 1 fully saturated rings. The second-order valence-electron chi connectivity index (χ2n) is 6.51. The van der Waals surface area contributed by atoms with Gasteiger partial charge in [-0.25, -0.2) is 4.79 Å². The van der Waals surface area contributed by atoms with Crippen molar-refractivity contribution in [2.75, 3.05) is 0 Å². The predicted octanol–water partition coefficient (Wildman–Crippen LogP) is 3.71. The van der Waals surface area contributed by atoms with Crippen LogP contribution in [0.25, 0.3) is 0 Å². The van der Waals surface area contributed by atoms with Crippen molar-refractivity contribution in [1.29, 1.82) is 0 Å². The van der Waals surface area contributed by atoms with Crippen molar-refractivity contribution in [3.8, 4) is 0 Å². The van der Waals surface area contributed by atoms with Crippen molar-refractivity contribution < 1.29 is 9.53 Å². The minimum absolute atomic E-state index is 0.196. The van der Waals surface area contributed by atoms with Gasteiger partial charge in [-0.1, -0.05) is 39.2 Å². The van der Waals surface area contributed by atoms with E-state index in [1.165, 1.54) is 25.7 Å². The number of rotatable bonds is 1. The summed E-state index contributed by atoms with van der Waals surface area (Å²) in [5.41, 5.74) is -0.106. The summed E-state index contributed by atoms with van der Waals surface area (Å²) >= 11 is 0. The molecular formula is C15H24O2. The summed E-state index contributed by atoms with van der Waals surface area (Å²) in [5.74, 6) is 0.836. The summed E-state index contributed by atoms with van der Waals surface area (Å²) in [5, 5.41) is 0. The van der Waals surface area contributed by atoms with Crippen LogP contribution < -0.4 is 0 Å². The Balaban J connectivity index is 2.31. The lowest BCUT2D eigenvalue weighted by Crippen LogP contribution is -2.50. The Morgan fingerprint density at radius 2 is 2.00 bits per heavy atom. The SMILES string of the molecule is CC1CCCCC1(C)C1C=CC(=O)OC1(C)C. The van der Waals surface area contributed by atoms with Crippen molar-refractivity contribution in [2.45, 2.75) is 59.0 Å². The largest absolute Gasteiger partial charge is 0.456 e. The molecule has 96 valence electrons. The van der Waals surface area contributed by atoms with Crippen LogP contribution in [0.15, 0.2) is 12.2 Å². The van der Waals surface area contributed by atoms with Crippen LogP contribution in [0.1, 0.15) is 53.4 Å². The summed E-state index contributed by atoms with van der Waals surface area (Å²) in [6.07, 6.45) is 8.88. The maximum absolute atomic E-state index is 11.4. The van der Waals surface area contributed by atoms with Gasteiger partial charge in [-0.3, -0.25) is 0 Å². The van der Waals surface area contributed by atoms with Crippen LogP contribution in [-0.4, -0.2) is 11.6 Å². The van der Waals surface area contributed by atoms with Gasteiger partial charge < -0.3 is 4.74 Å². The first-order valence-electron chi connectivity index (χ1n) is 6.77. The number of hydrogen-bond acceptors (Lipinski definition) is 2. The number of ether oxygens (including phenoxy) is 1. The summed E-state index contributed by atoms with van der Waals surface area (Å²) < 4.78 is 5.53. The van der Waals surface area contributed by atoms with Gasteiger partial charge in [0.2, 0.25) is 0 Å². The lowest BCUT2D eigenvalue weighted by atomic mass is 9.57. The van der Waals surface area contributed by atoms with E-state index >= 15 is 0 Å². The molecule has 0 aromatic rings. The van der Waals surface area contributed by atoms with E-state index in [0.29, 0.717) is 11.8 Å². The smallest absolute Gasteiger partial charge is 0.330 e. The van der Waals surface area contributed by atoms with Crippen LogP contribution in [0, 0.1) is 17.3 Å². The van der Waals surface area contributed by atoms with Crippen molar-refractivity contribution in [3.05, 3.63) is 12.2 Å². The molecule has 1 aliphatic heterocycles. The molecule has 0 bridgehead atoms. The lowest BCUT2D eigenvalue weighted by Gasteiger charge is -2.51. The number of carbonyl (C=O) groups is 1. The van der Waals surface area contributed by atoms with Gasteiger partial charge in [0, 0.05) is 12.0 Å². The molecular weight excluding hydrogens is 212 g/mol. The van der Waals surface area contributed by atoms with Gasteiger partial charge in [-0.05, 0) is 31.6 Å². The van der Waals surface area contributed by atoms with Gasteiger partial charge in [0.1, 0.15) is 5.60 Å². The van der Waals surface area contributed by atoms with Gasteiger partial charge in [0.15, 0.2) is 0 Å². The van der Waals surface area contributed by atoms with Crippen molar-refractivity contribution in [3.63, 3.8) is 0 Å². The van der Waals surface area contributed by atoms with Gasteiger partial charge >= 0.3 is 5.97 Å². The van der Waals surface area contributed by atoms with Crippen LogP contribution in [0.4, 0.5) is 0 Å². The predicted molar refractivity (Wildman–Crippen MR) is 68.5 cm³/mol. The normalized spacial score (nSPS) is 41.1. The van der Waals surface area contributed by atoms with E-state index in [-0.39, 0.29) is 17.0 Å². The summed E-state index contributed by atoms with van der Waals surface area (Å²) in [6.45, 7) is 8.81. The second-order valence-corrected chi connectivity index (χ2v) is 6.51. The third-order valence-corrected chi connectivity index (χ3v) is 4.98. The summed E-state index contributed by atoms with van der Waals surface area (Å²) in [6, 6.07) is 0. The Morgan fingerprint density at radius 1 is 1.29 bits per heavy atom. The fourth-order valence-corrected chi connectivity index (χ4v) is 3.77. The maximum Gasteiger partial charge on any atom is 0.330 e. The highest BCUT2D eigenvalue weighted by atomic mass is 16.6. The molecule has 3 atom stereocenters. The third-order valence-electron chi connectivity index (χ3n) is 4.98. The van der Waals surface area contributed by atoms with E-state index in [2.05, 4.69) is 19.9 Å². The third kappa shape index (κ3) is 2.14. The quantitative estimate of drug-likeness (QED) is 0.649. The topological polar surface area (TPSA) is 26.3 Å². The molecule has 2 rings (SSSR count). The first-order valence-corrected chi connectivity index (χ1v) is 6.77. The van der Waals surface area contributed by atoms with Crippen molar-refractivity contribution in [1.82, 2.24) is 0 Å². The average molecular weight is 236 g/mol. The van der Waals surface area contributed by atoms with Crippen molar-refractivity contribution >= 4 is 5.97 Å². The average Bonchev–Trinajstić information content (AvgIpc) is 2.21. The van der Waals surface area contributed by atoms with Crippen molar-refractivity contribution in [2.24, 2.45) is 17.3 Å². The van der Waals surface area contributed by atoms with Gasteiger partial charge in [0.05, 0.1) is 0 Å². The molecule has 1 saturated carbocycles. The molecule has 0 saturated heterocycles. The van der Waals surface area contributed by atoms with Crippen LogP contribution in [0.2, 0.25) is 0 Å². The second kappa shape index (κ2) is 4.15.